The van der Waals surface area contributed by atoms with Gasteiger partial charge in [-0.05, 0) is 12.3 Å². The number of carboxylic acids is 1. The summed E-state index contributed by atoms with van der Waals surface area (Å²) in [6.07, 6.45) is 2.62. The second kappa shape index (κ2) is 6.00. The first kappa shape index (κ1) is 14.0. The molecule has 1 rings (SSSR count). The minimum Gasteiger partial charge on any atom is -0.481 e. The van der Waals surface area contributed by atoms with Gasteiger partial charge >= 0.3 is 5.97 Å². The summed E-state index contributed by atoms with van der Waals surface area (Å²) in [5, 5.41) is 8.99. The van der Waals surface area contributed by atoms with Crippen LogP contribution in [-0.2, 0) is 9.59 Å². The van der Waals surface area contributed by atoms with Gasteiger partial charge < -0.3 is 15.7 Å². The zero-order chi connectivity index (χ0) is 13.0. The molecule has 3 atom stereocenters. The molecule has 1 saturated heterocycles. The number of nitrogens with two attached hydrogens (primary N) is 1. The minimum atomic E-state index is -0.824. The van der Waals surface area contributed by atoms with Crippen molar-refractivity contribution in [1.29, 1.82) is 0 Å². The van der Waals surface area contributed by atoms with E-state index in [2.05, 4.69) is 6.92 Å². The fraction of sp³-hybridized carbons (Fsp3) is 0.833. The molecule has 3 N–H and O–H groups in total. The summed E-state index contributed by atoms with van der Waals surface area (Å²) < 4.78 is 0. The van der Waals surface area contributed by atoms with Gasteiger partial charge in [0.2, 0.25) is 5.91 Å². The normalized spacial score (nSPS) is 25.9. The van der Waals surface area contributed by atoms with Crippen molar-refractivity contribution < 1.29 is 14.7 Å². The third-order valence-electron chi connectivity index (χ3n) is 3.43. The van der Waals surface area contributed by atoms with Crippen molar-refractivity contribution in [3.63, 3.8) is 0 Å². The molecule has 1 amide bonds. The average Bonchev–Trinajstić information content (AvgIpc) is 2.67. The maximum Gasteiger partial charge on any atom is 0.308 e. The fourth-order valence-electron chi connectivity index (χ4n) is 2.25. The Kier molecular flexibility index (Phi) is 4.93. The van der Waals surface area contributed by atoms with Gasteiger partial charge in [-0.2, -0.15) is 0 Å². The number of carbonyl (C=O) groups is 2. The molecular weight excluding hydrogens is 220 g/mol. The molecule has 0 aromatic carbocycles. The lowest BCUT2D eigenvalue weighted by atomic mass is 9.99. The van der Waals surface area contributed by atoms with Gasteiger partial charge in [-0.15, -0.1) is 0 Å². The monoisotopic (exact) mass is 242 g/mol. The summed E-state index contributed by atoms with van der Waals surface area (Å²) in [7, 11) is 0. The van der Waals surface area contributed by atoms with E-state index >= 15 is 0 Å². The second-order valence-corrected chi connectivity index (χ2v) is 4.91. The van der Waals surface area contributed by atoms with Crippen LogP contribution in [0.1, 0.15) is 33.1 Å². The van der Waals surface area contributed by atoms with Crippen LogP contribution in [-0.4, -0.2) is 41.0 Å². The van der Waals surface area contributed by atoms with Crippen LogP contribution < -0.4 is 5.73 Å². The van der Waals surface area contributed by atoms with Crippen LogP contribution in [0.25, 0.3) is 0 Å². The Balaban J connectivity index is 2.52. The maximum absolute atomic E-state index is 12.0. The first-order chi connectivity index (χ1) is 7.97. The predicted molar refractivity (Wildman–Crippen MR) is 64.4 cm³/mol. The lowest BCUT2D eigenvalue weighted by molar-refractivity contribution is -0.142. The molecule has 1 aliphatic rings. The van der Waals surface area contributed by atoms with Gasteiger partial charge in [0.05, 0.1) is 12.0 Å². The molecule has 1 fully saturated rings. The van der Waals surface area contributed by atoms with Crippen LogP contribution >= 0.6 is 0 Å². The number of unbranched alkanes of at least 4 members (excludes halogenated alkanes) is 1. The van der Waals surface area contributed by atoms with Crippen molar-refractivity contribution in [3.8, 4) is 0 Å². The Morgan fingerprint density at radius 1 is 1.47 bits per heavy atom. The van der Waals surface area contributed by atoms with Gasteiger partial charge in [0.25, 0.3) is 0 Å². The fourth-order valence-corrected chi connectivity index (χ4v) is 2.25. The molecule has 0 bridgehead atoms. The third-order valence-corrected chi connectivity index (χ3v) is 3.43. The van der Waals surface area contributed by atoms with E-state index in [-0.39, 0.29) is 11.8 Å². The molecule has 0 unspecified atom stereocenters. The van der Waals surface area contributed by atoms with Crippen molar-refractivity contribution in [2.24, 2.45) is 17.6 Å². The Morgan fingerprint density at radius 3 is 2.59 bits per heavy atom. The van der Waals surface area contributed by atoms with E-state index in [9.17, 15) is 9.59 Å². The van der Waals surface area contributed by atoms with Crippen LogP contribution in [0.5, 0.6) is 0 Å². The number of rotatable bonds is 5. The van der Waals surface area contributed by atoms with Crippen LogP contribution in [0.15, 0.2) is 0 Å². The summed E-state index contributed by atoms with van der Waals surface area (Å²) in [5.74, 6) is -1.36. The highest BCUT2D eigenvalue weighted by atomic mass is 16.4. The molecule has 5 heteroatoms. The van der Waals surface area contributed by atoms with E-state index in [0.29, 0.717) is 19.5 Å². The molecule has 0 saturated carbocycles. The summed E-state index contributed by atoms with van der Waals surface area (Å²) in [6.45, 7) is 4.73. The molecule has 0 spiro atoms. The van der Waals surface area contributed by atoms with E-state index < -0.39 is 17.9 Å². The van der Waals surface area contributed by atoms with Crippen LogP contribution in [0.2, 0.25) is 0 Å². The van der Waals surface area contributed by atoms with Gasteiger partial charge in [0, 0.05) is 13.1 Å². The molecule has 0 aliphatic carbocycles. The van der Waals surface area contributed by atoms with E-state index in [1.807, 2.05) is 6.92 Å². The third kappa shape index (κ3) is 3.43. The number of hydrogen-bond acceptors (Lipinski definition) is 3. The largest absolute Gasteiger partial charge is 0.481 e. The SMILES string of the molecule is CCCC[C@H](N)C(=O)N1C[C@@H](C)[C@H](C(=O)O)C1. The van der Waals surface area contributed by atoms with Crippen molar-refractivity contribution >= 4 is 11.9 Å². The zero-order valence-corrected chi connectivity index (χ0v) is 10.6. The Bertz CT molecular complexity index is 293. The molecule has 1 heterocycles. The molecule has 0 aromatic rings. The first-order valence-electron chi connectivity index (χ1n) is 6.24. The van der Waals surface area contributed by atoms with Crippen molar-refractivity contribution in [3.05, 3.63) is 0 Å². The van der Waals surface area contributed by atoms with Crippen molar-refractivity contribution in [1.82, 2.24) is 4.90 Å². The Hall–Kier alpha value is -1.10. The van der Waals surface area contributed by atoms with Crippen molar-refractivity contribution in [2.45, 2.75) is 39.2 Å². The Morgan fingerprint density at radius 2 is 2.12 bits per heavy atom. The topological polar surface area (TPSA) is 83.6 Å². The number of carbonyl (C=O) groups excluding carboxylic acids is 1. The van der Waals surface area contributed by atoms with Gasteiger partial charge in [-0.25, -0.2) is 0 Å². The quantitative estimate of drug-likeness (QED) is 0.742. The van der Waals surface area contributed by atoms with Crippen molar-refractivity contribution in [2.75, 3.05) is 13.1 Å². The number of nitrogens with zero attached hydrogens (tertiary/aromatic N) is 1. The molecule has 1 aliphatic heterocycles. The maximum atomic E-state index is 12.0. The number of hydrogen-bond donors (Lipinski definition) is 2. The summed E-state index contributed by atoms with van der Waals surface area (Å²) in [4.78, 5) is 24.5. The first-order valence-corrected chi connectivity index (χ1v) is 6.24. The highest BCUT2D eigenvalue weighted by Crippen LogP contribution is 2.23. The molecule has 17 heavy (non-hydrogen) atoms. The summed E-state index contributed by atoms with van der Waals surface area (Å²) >= 11 is 0. The smallest absolute Gasteiger partial charge is 0.308 e. The zero-order valence-electron chi connectivity index (χ0n) is 10.6. The summed E-state index contributed by atoms with van der Waals surface area (Å²) in [5.41, 5.74) is 5.81. The highest BCUT2D eigenvalue weighted by molar-refractivity contribution is 5.83. The van der Waals surface area contributed by atoms with E-state index in [4.69, 9.17) is 10.8 Å². The average molecular weight is 242 g/mol. The van der Waals surface area contributed by atoms with Gasteiger partial charge in [0.15, 0.2) is 0 Å². The molecule has 0 radical (unpaired) electrons. The van der Waals surface area contributed by atoms with Gasteiger partial charge in [-0.1, -0.05) is 26.7 Å². The predicted octanol–water partition coefficient (Wildman–Crippen LogP) is 0.683. The number of aliphatic carboxylic acids is 1. The molecule has 0 aromatic heterocycles. The number of amides is 1. The van der Waals surface area contributed by atoms with E-state index in [1.54, 1.807) is 4.90 Å². The second-order valence-electron chi connectivity index (χ2n) is 4.91. The molecular formula is C12H22N2O3. The van der Waals surface area contributed by atoms with Crippen LogP contribution in [0, 0.1) is 11.8 Å². The standard InChI is InChI=1S/C12H22N2O3/c1-3-4-5-10(13)11(15)14-6-8(2)9(7-14)12(16)17/h8-10H,3-7,13H2,1-2H3,(H,16,17)/t8-,9-,10+/m1/s1. The van der Waals surface area contributed by atoms with Gasteiger partial charge in [-0.3, -0.25) is 9.59 Å². The van der Waals surface area contributed by atoms with E-state index in [0.717, 1.165) is 12.8 Å². The lowest BCUT2D eigenvalue weighted by Crippen LogP contribution is -2.43. The van der Waals surface area contributed by atoms with Gasteiger partial charge in [0.1, 0.15) is 0 Å². The number of likely N-dealkylation sites (tertiary alicyclic amines) is 1. The van der Waals surface area contributed by atoms with E-state index in [1.165, 1.54) is 0 Å². The number of carboxylic acid groups (broad SMARTS) is 1. The molecule has 98 valence electrons. The van der Waals surface area contributed by atoms with Crippen LogP contribution in [0.3, 0.4) is 0 Å². The molecule has 5 nitrogen and oxygen atoms in total. The minimum absolute atomic E-state index is 0.00910. The Labute approximate surface area is 102 Å². The van der Waals surface area contributed by atoms with Crippen LogP contribution in [0.4, 0.5) is 0 Å². The highest BCUT2D eigenvalue weighted by Gasteiger charge is 2.37. The lowest BCUT2D eigenvalue weighted by Gasteiger charge is -2.20. The summed E-state index contributed by atoms with van der Waals surface area (Å²) in [6, 6.07) is -0.477.